The topological polar surface area (TPSA) is 46.2 Å². The van der Waals surface area contributed by atoms with Gasteiger partial charge in [0.15, 0.2) is 5.78 Å². The third-order valence-electron chi connectivity index (χ3n) is 5.40. The van der Waals surface area contributed by atoms with Gasteiger partial charge in [-0.25, -0.2) is 0 Å². The van der Waals surface area contributed by atoms with E-state index in [1.54, 1.807) is 24.3 Å². The van der Waals surface area contributed by atoms with E-state index in [1.165, 1.54) is 16.7 Å². The third-order valence-corrected chi connectivity index (χ3v) is 7.90. The Hall–Kier alpha value is -3.81. The summed E-state index contributed by atoms with van der Waals surface area (Å²) in [4.78, 5) is 25.7. The van der Waals surface area contributed by atoms with Crippen LogP contribution in [-0.4, -0.2) is 11.6 Å². The van der Waals surface area contributed by atoms with Gasteiger partial charge in [-0.15, -0.1) is 0 Å². The van der Waals surface area contributed by atoms with Gasteiger partial charge >= 0.3 is 0 Å². The van der Waals surface area contributed by atoms with E-state index < -0.39 is 7.92 Å². The monoisotopic (exact) mass is 433 g/mol. The number of fused-ring (bicyclic) bond motifs is 1. The maximum atomic E-state index is 13.1. The molecule has 4 aromatic carbocycles. The van der Waals surface area contributed by atoms with Crippen molar-refractivity contribution in [1.29, 1.82) is 0 Å². The number of anilines is 1. The molecule has 0 aliphatic heterocycles. The predicted octanol–water partition coefficient (Wildman–Crippen LogP) is 4.82. The summed E-state index contributed by atoms with van der Waals surface area (Å²) in [5.74, 6) is -0.327. The summed E-state index contributed by atoms with van der Waals surface area (Å²) < 4.78 is 0. The summed E-state index contributed by atoms with van der Waals surface area (Å²) in [5.41, 5.74) is 2.02. The average molecular weight is 433 g/mol. The van der Waals surface area contributed by atoms with Crippen LogP contribution in [0.1, 0.15) is 20.7 Å². The number of hydrogen-bond donors (Lipinski definition) is 1. The molecule has 3 nitrogen and oxygen atoms in total. The summed E-state index contributed by atoms with van der Waals surface area (Å²) in [6, 6.07) is 35.8. The third kappa shape index (κ3) is 3.79. The molecule has 0 radical (unpaired) electrons. The van der Waals surface area contributed by atoms with E-state index >= 15 is 0 Å². The lowest BCUT2D eigenvalue weighted by Crippen LogP contribution is -2.26. The van der Waals surface area contributed by atoms with E-state index in [0.29, 0.717) is 16.8 Å². The second-order valence-corrected chi connectivity index (χ2v) is 9.63. The fourth-order valence-electron chi connectivity index (χ4n) is 3.91. The number of Topliss-reactive ketones (excluding diaryl/α,β-unsaturated/α-hetero) is 1. The first-order valence-electron chi connectivity index (χ1n) is 10.4. The molecule has 4 aromatic rings. The summed E-state index contributed by atoms with van der Waals surface area (Å²) in [6.45, 7) is 0. The smallest absolute Gasteiger partial charge is 0.210 e. The summed E-state index contributed by atoms with van der Waals surface area (Å²) >= 11 is 0. The zero-order valence-corrected chi connectivity index (χ0v) is 18.1. The number of benzene rings is 4. The van der Waals surface area contributed by atoms with Crippen molar-refractivity contribution in [3.63, 3.8) is 0 Å². The molecule has 0 amide bonds. The first-order valence-corrected chi connectivity index (χ1v) is 11.7. The van der Waals surface area contributed by atoms with E-state index in [1.807, 2.05) is 54.6 Å². The van der Waals surface area contributed by atoms with Crippen LogP contribution in [0.3, 0.4) is 0 Å². The molecule has 0 bridgehead atoms. The SMILES string of the molecule is O=C1C=C(Nc2ccccc2P(c2ccccc2)c2ccccc2)C(=O)c2ccccc21. The molecule has 4 heteroatoms. The second kappa shape index (κ2) is 8.74. The van der Waals surface area contributed by atoms with Crippen molar-refractivity contribution in [2.24, 2.45) is 0 Å². The molecule has 0 saturated heterocycles. The standard InChI is InChI=1S/C28H20NO2P/c30-26-19-25(28(31)23-16-8-7-15-22(23)26)29-24-17-9-10-18-27(24)32(20-11-3-1-4-12-20)21-13-5-2-6-14-21/h1-19,29H. The first-order chi connectivity index (χ1) is 15.7. The zero-order valence-electron chi connectivity index (χ0n) is 17.2. The molecule has 1 aliphatic carbocycles. The van der Waals surface area contributed by atoms with E-state index in [2.05, 4.69) is 35.6 Å². The Morgan fingerprint density at radius 1 is 0.562 bits per heavy atom. The maximum Gasteiger partial charge on any atom is 0.210 e. The molecule has 0 aromatic heterocycles. The van der Waals surface area contributed by atoms with Gasteiger partial charge in [0.05, 0.1) is 5.70 Å². The van der Waals surface area contributed by atoms with Crippen molar-refractivity contribution in [2.75, 3.05) is 5.32 Å². The quantitative estimate of drug-likeness (QED) is 0.459. The molecule has 0 unspecified atom stereocenters. The minimum absolute atomic E-state index is 0.159. The molecule has 0 saturated carbocycles. The van der Waals surface area contributed by atoms with Crippen LogP contribution < -0.4 is 21.2 Å². The van der Waals surface area contributed by atoms with Crippen molar-refractivity contribution in [1.82, 2.24) is 0 Å². The molecule has 1 N–H and O–H groups in total. The number of allylic oxidation sites excluding steroid dienone is 2. The molecule has 1 aliphatic rings. The highest BCUT2D eigenvalue weighted by atomic mass is 31.1. The van der Waals surface area contributed by atoms with Crippen LogP contribution in [0.25, 0.3) is 0 Å². The average Bonchev–Trinajstić information content (AvgIpc) is 2.85. The lowest BCUT2D eigenvalue weighted by Gasteiger charge is -2.24. The van der Waals surface area contributed by atoms with Gasteiger partial charge in [0.2, 0.25) is 5.78 Å². The highest BCUT2D eigenvalue weighted by Crippen LogP contribution is 2.36. The molecular weight excluding hydrogens is 413 g/mol. The van der Waals surface area contributed by atoms with Crippen molar-refractivity contribution in [3.05, 3.63) is 132 Å². The van der Waals surface area contributed by atoms with Gasteiger partial charge in [-0.3, -0.25) is 9.59 Å². The number of rotatable bonds is 5. The van der Waals surface area contributed by atoms with E-state index in [0.717, 1.165) is 11.0 Å². The minimum Gasteiger partial charge on any atom is -0.352 e. The Labute approximate surface area is 188 Å². The summed E-state index contributed by atoms with van der Waals surface area (Å²) in [5, 5.41) is 6.83. The lowest BCUT2D eigenvalue weighted by molar-refractivity contribution is 0.0985. The zero-order chi connectivity index (χ0) is 21.9. The number of nitrogens with one attached hydrogen (secondary N) is 1. The normalized spacial score (nSPS) is 13.0. The molecule has 154 valence electrons. The van der Waals surface area contributed by atoms with Crippen LogP contribution in [0.5, 0.6) is 0 Å². The maximum absolute atomic E-state index is 13.1. The van der Waals surface area contributed by atoms with Crippen molar-refractivity contribution in [3.8, 4) is 0 Å². The van der Waals surface area contributed by atoms with E-state index in [4.69, 9.17) is 0 Å². The molecular formula is C28H20NO2P. The summed E-state index contributed by atoms with van der Waals surface area (Å²) in [6.07, 6.45) is 1.41. The number of ketones is 2. The predicted molar refractivity (Wildman–Crippen MR) is 132 cm³/mol. The molecule has 0 fully saturated rings. The van der Waals surface area contributed by atoms with Crippen molar-refractivity contribution in [2.45, 2.75) is 0 Å². The van der Waals surface area contributed by atoms with Crippen LogP contribution in [0.2, 0.25) is 0 Å². The van der Waals surface area contributed by atoms with Gasteiger partial charge < -0.3 is 5.32 Å². The van der Waals surface area contributed by atoms with Gasteiger partial charge in [0.25, 0.3) is 0 Å². The molecule has 0 heterocycles. The Kier molecular flexibility index (Phi) is 5.49. The lowest BCUT2D eigenvalue weighted by atomic mass is 9.92. The molecule has 0 spiro atoms. The van der Waals surface area contributed by atoms with Crippen LogP contribution >= 0.6 is 7.92 Å². The van der Waals surface area contributed by atoms with Crippen molar-refractivity contribution >= 4 is 41.1 Å². The Bertz CT molecular complexity index is 1290. The van der Waals surface area contributed by atoms with Gasteiger partial charge in [-0.1, -0.05) is 103 Å². The largest absolute Gasteiger partial charge is 0.352 e. The number of para-hydroxylation sites is 1. The molecule has 0 atom stereocenters. The fraction of sp³-hybridized carbons (Fsp3) is 0. The fourth-order valence-corrected chi connectivity index (χ4v) is 6.31. The highest BCUT2D eigenvalue weighted by Gasteiger charge is 2.26. The van der Waals surface area contributed by atoms with Crippen LogP contribution in [0.15, 0.2) is 121 Å². The van der Waals surface area contributed by atoms with Gasteiger partial charge in [0.1, 0.15) is 0 Å². The van der Waals surface area contributed by atoms with Crippen LogP contribution in [0, 0.1) is 0 Å². The number of carbonyl (C=O) groups is 2. The second-order valence-electron chi connectivity index (χ2n) is 7.45. The van der Waals surface area contributed by atoms with Crippen LogP contribution in [0.4, 0.5) is 5.69 Å². The highest BCUT2D eigenvalue weighted by molar-refractivity contribution is 7.80. The van der Waals surface area contributed by atoms with E-state index in [9.17, 15) is 9.59 Å². The van der Waals surface area contributed by atoms with Gasteiger partial charge in [-0.05, 0) is 24.6 Å². The van der Waals surface area contributed by atoms with Crippen molar-refractivity contribution < 1.29 is 9.59 Å². The van der Waals surface area contributed by atoms with Gasteiger partial charge in [-0.2, -0.15) is 0 Å². The van der Waals surface area contributed by atoms with Gasteiger partial charge in [0, 0.05) is 28.2 Å². The summed E-state index contributed by atoms with van der Waals surface area (Å²) in [7, 11) is -0.858. The molecule has 32 heavy (non-hydrogen) atoms. The number of hydrogen-bond acceptors (Lipinski definition) is 3. The Morgan fingerprint density at radius 3 is 1.75 bits per heavy atom. The number of carbonyl (C=O) groups excluding carboxylic acids is 2. The minimum atomic E-state index is -0.858. The van der Waals surface area contributed by atoms with E-state index in [-0.39, 0.29) is 11.6 Å². The molecule has 5 rings (SSSR count). The Morgan fingerprint density at radius 2 is 1.09 bits per heavy atom. The van der Waals surface area contributed by atoms with Crippen LogP contribution in [-0.2, 0) is 0 Å². The Balaban J connectivity index is 1.58. The first kappa shape index (κ1) is 20.1.